The molecule has 278 valence electrons. The molecule has 50 heavy (non-hydrogen) atoms. The standard InChI is InChI=1S/C19H21N3O.C13H22N2.C5H9N.3C2H6/c1-4-9-15-14(5-2)19(23)16(18(15)21-3)17(22-12-20)13-10-7-6-8-11-13;1-3-15(11-10-14-2)12-13-8-6-4-5-7-9-13;1-2-3-4-5-6;3*1-2/h5-11H,3-4,12,20H2,1-2H3;4,6-9,14H,3,5,10-12H2,1-2H3;2-5H,6H2,1H3;3*1-2H3/b14-5+,15-9+,22-17-;;3-2-,5-4-;;;. The Kier molecular flexibility index (Phi) is 36.3. The Hall–Kier alpha value is -4.17. The molecule has 1 aromatic rings. The first-order chi connectivity index (χ1) is 24.5. The number of ketones is 1. The van der Waals surface area contributed by atoms with E-state index in [1.165, 1.54) is 11.8 Å². The quantitative estimate of drug-likeness (QED) is 0.115. The molecule has 0 aromatic heterocycles. The van der Waals surface area contributed by atoms with E-state index in [2.05, 4.69) is 64.2 Å². The number of carbonyl (C=O) groups excluding carboxylic acids is 1. The number of hydrogen-bond acceptors (Lipinski definition) is 7. The summed E-state index contributed by atoms with van der Waals surface area (Å²) >= 11 is 0. The third kappa shape index (κ3) is 19.7. The Morgan fingerprint density at radius 2 is 1.66 bits per heavy atom. The maximum absolute atomic E-state index is 12.9. The Labute approximate surface area is 306 Å². The first-order valence-electron chi connectivity index (χ1n) is 18.3. The van der Waals surface area contributed by atoms with Crippen molar-refractivity contribution in [2.24, 2.45) is 21.5 Å². The molecule has 2 aliphatic rings. The summed E-state index contributed by atoms with van der Waals surface area (Å²) in [5.74, 6) is -0.0781. The summed E-state index contributed by atoms with van der Waals surface area (Å²) in [7, 11) is 2.00. The highest BCUT2D eigenvalue weighted by molar-refractivity contribution is 6.37. The molecule has 0 aliphatic heterocycles. The lowest BCUT2D eigenvalue weighted by molar-refractivity contribution is -0.111. The van der Waals surface area contributed by atoms with Crippen molar-refractivity contribution < 1.29 is 4.79 Å². The van der Waals surface area contributed by atoms with E-state index < -0.39 is 0 Å². The van der Waals surface area contributed by atoms with Crippen molar-refractivity contribution >= 4 is 18.2 Å². The third-order valence-electron chi connectivity index (χ3n) is 6.64. The molecule has 5 N–H and O–H groups in total. The topological polar surface area (TPSA) is 109 Å². The molecule has 2 aliphatic carbocycles. The predicted molar refractivity (Wildman–Crippen MR) is 225 cm³/mol. The van der Waals surface area contributed by atoms with Crippen molar-refractivity contribution in [1.29, 1.82) is 0 Å². The van der Waals surface area contributed by atoms with Gasteiger partial charge >= 0.3 is 0 Å². The number of Topliss-reactive ketones (excluding diaryl/α,β-unsaturated/α-hetero) is 1. The molecule has 0 saturated heterocycles. The summed E-state index contributed by atoms with van der Waals surface area (Å²) in [5.41, 5.74) is 16.0. The molecule has 0 radical (unpaired) electrons. The highest BCUT2D eigenvalue weighted by atomic mass is 16.1. The first-order valence-corrected chi connectivity index (χ1v) is 18.3. The number of nitrogens with zero attached hydrogens (tertiary/aromatic N) is 3. The number of nitrogens with one attached hydrogen (secondary N) is 1. The molecule has 3 rings (SSSR count). The number of nitrogens with two attached hydrogens (primary N) is 2. The Balaban J connectivity index is -0.000000702. The van der Waals surface area contributed by atoms with Crippen LogP contribution in [-0.4, -0.2) is 63.0 Å². The third-order valence-corrected chi connectivity index (χ3v) is 6.64. The summed E-state index contributed by atoms with van der Waals surface area (Å²) in [6, 6.07) is 9.54. The zero-order valence-electron chi connectivity index (χ0n) is 33.3. The molecular weight excluding hydrogens is 617 g/mol. The summed E-state index contributed by atoms with van der Waals surface area (Å²) in [6.45, 7) is 28.1. The fourth-order valence-electron chi connectivity index (χ4n) is 4.49. The predicted octanol–water partition coefficient (Wildman–Crippen LogP) is 9.30. The van der Waals surface area contributed by atoms with E-state index >= 15 is 0 Å². The number of likely N-dealkylation sites (N-methyl/N-ethyl adjacent to an activating group) is 2. The largest absolute Gasteiger partial charge is 0.405 e. The van der Waals surface area contributed by atoms with E-state index in [-0.39, 0.29) is 12.5 Å². The number of benzene rings is 1. The molecule has 1 aromatic carbocycles. The SMILES string of the molecule is C/C=C\C=C/N.C=NC1=C(C(=N\CN)/c2ccccc2)C(=O)C(=C/C)/C1=C\CC.CC.CC.CC.CCN(CCNC)CC1=CC=CCC=C1. The van der Waals surface area contributed by atoms with Gasteiger partial charge in [0.15, 0.2) is 5.78 Å². The highest BCUT2D eigenvalue weighted by Gasteiger charge is 2.34. The van der Waals surface area contributed by atoms with Crippen LogP contribution in [0.25, 0.3) is 0 Å². The summed E-state index contributed by atoms with van der Waals surface area (Å²) < 4.78 is 0. The Bertz CT molecular complexity index is 1300. The Morgan fingerprint density at radius 1 is 1.00 bits per heavy atom. The van der Waals surface area contributed by atoms with E-state index in [1.54, 1.807) is 6.08 Å². The zero-order valence-corrected chi connectivity index (χ0v) is 33.3. The maximum atomic E-state index is 12.9. The minimum atomic E-state index is -0.0781. The highest BCUT2D eigenvalue weighted by Crippen LogP contribution is 2.36. The normalized spacial score (nSPS) is 15.2. The molecule has 0 unspecified atom stereocenters. The zero-order chi connectivity index (χ0) is 38.6. The van der Waals surface area contributed by atoms with Crippen LogP contribution in [0, 0.1) is 0 Å². The Morgan fingerprint density at radius 3 is 2.14 bits per heavy atom. The van der Waals surface area contributed by atoms with Crippen LogP contribution in [-0.2, 0) is 4.79 Å². The number of aliphatic imine (C=N–C) groups is 2. The molecular formula is C43H70N6O. The lowest BCUT2D eigenvalue weighted by atomic mass is 9.99. The first kappa shape index (κ1) is 50.2. The van der Waals surface area contributed by atoms with Crippen molar-refractivity contribution in [3.63, 3.8) is 0 Å². The van der Waals surface area contributed by atoms with Crippen molar-refractivity contribution in [1.82, 2.24) is 10.2 Å². The molecule has 0 heterocycles. The van der Waals surface area contributed by atoms with E-state index in [4.69, 9.17) is 11.5 Å². The second kappa shape index (κ2) is 36.1. The van der Waals surface area contributed by atoms with Gasteiger partial charge in [-0.05, 0) is 64.8 Å². The molecule has 7 heteroatoms. The molecule has 0 spiro atoms. The van der Waals surface area contributed by atoms with Crippen molar-refractivity contribution in [3.8, 4) is 0 Å². The van der Waals surface area contributed by atoms with E-state index in [1.807, 2.05) is 124 Å². The van der Waals surface area contributed by atoms with Gasteiger partial charge in [-0.25, -0.2) is 0 Å². The van der Waals surface area contributed by atoms with Crippen LogP contribution in [0.3, 0.4) is 0 Å². The molecule has 0 saturated carbocycles. The van der Waals surface area contributed by atoms with E-state index in [0.717, 1.165) is 50.2 Å². The number of allylic oxidation sites excluding steroid dienone is 11. The van der Waals surface area contributed by atoms with Crippen molar-refractivity contribution in [3.05, 3.63) is 131 Å². The van der Waals surface area contributed by atoms with Crippen molar-refractivity contribution in [2.45, 2.75) is 82.1 Å². The number of rotatable bonds is 12. The fraction of sp³-hybridized carbons (Fsp3) is 0.419. The summed E-state index contributed by atoms with van der Waals surface area (Å²) in [6.07, 6.45) is 23.8. The number of carbonyl (C=O) groups is 1. The molecule has 7 nitrogen and oxygen atoms in total. The minimum absolute atomic E-state index is 0.0781. The van der Waals surface area contributed by atoms with Crippen LogP contribution in [0.5, 0.6) is 0 Å². The lowest BCUT2D eigenvalue weighted by Crippen LogP contribution is -2.32. The summed E-state index contributed by atoms with van der Waals surface area (Å²) in [5, 5.41) is 3.19. The van der Waals surface area contributed by atoms with E-state index in [0.29, 0.717) is 22.6 Å². The van der Waals surface area contributed by atoms with Gasteiger partial charge in [0.25, 0.3) is 0 Å². The molecule has 0 bridgehead atoms. The average molecular weight is 687 g/mol. The van der Waals surface area contributed by atoms with Gasteiger partial charge < -0.3 is 16.8 Å². The minimum Gasteiger partial charge on any atom is -0.405 e. The van der Waals surface area contributed by atoms with Crippen LogP contribution >= 0.6 is 0 Å². The maximum Gasteiger partial charge on any atom is 0.197 e. The van der Waals surface area contributed by atoms with Crippen LogP contribution in [0.2, 0.25) is 0 Å². The van der Waals surface area contributed by atoms with E-state index in [9.17, 15) is 4.79 Å². The van der Waals surface area contributed by atoms with Gasteiger partial charge in [-0.2, -0.15) is 0 Å². The smallest absolute Gasteiger partial charge is 0.197 e. The fourth-order valence-corrected chi connectivity index (χ4v) is 4.49. The van der Waals surface area contributed by atoms with Gasteiger partial charge in [0.1, 0.15) is 0 Å². The molecule has 0 atom stereocenters. The lowest BCUT2D eigenvalue weighted by Gasteiger charge is -2.20. The summed E-state index contributed by atoms with van der Waals surface area (Å²) in [4.78, 5) is 23.8. The van der Waals surface area contributed by atoms with Gasteiger partial charge in [-0.1, -0.05) is 140 Å². The van der Waals surface area contributed by atoms with Gasteiger partial charge in [0, 0.05) is 36.3 Å². The van der Waals surface area contributed by atoms with Crippen LogP contribution < -0.4 is 16.8 Å². The van der Waals surface area contributed by atoms with Gasteiger partial charge in [0.05, 0.1) is 23.7 Å². The monoisotopic (exact) mass is 687 g/mol. The average Bonchev–Trinajstić information content (AvgIpc) is 3.29. The van der Waals surface area contributed by atoms with Crippen molar-refractivity contribution in [2.75, 3.05) is 39.9 Å². The second-order valence-corrected chi connectivity index (χ2v) is 9.69. The molecule has 0 amide bonds. The van der Waals surface area contributed by atoms with Gasteiger partial charge in [-0.3, -0.25) is 19.7 Å². The van der Waals surface area contributed by atoms with Crippen LogP contribution in [0.15, 0.2) is 135 Å². The van der Waals surface area contributed by atoms with Crippen LogP contribution in [0.1, 0.15) is 87.6 Å². The van der Waals surface area contributed by atoms with Gasteiger partial charge in [0.2, 0.25) is 0 Å². The molecule has 0 fully saturated rings. The second-order valence-electron chi connectivity index (χ2n) is 9.69. The van der Waals surface area contributed by atoms with Crippen LogP contribution in [0.4, 0.5) is 0 Å². The van der Waals surface area contributed by atoms with Gasteiger partial charge in [-0.15, -0.1) is 0 Å². The number of hydrogen-bond donors (Lipinski definition) is 3.